The summed E-state index contributed by atoms with van der Waals surface area (Å²) in [6.45, 7) is 11.6. The molecule has 3 aromatic carbocycles. The van der Waals surface area contributed by atoms with Crippen molar-refractivity contribution in [1.29, 1.82) is 0 Å². The monoisotopic (exact) mass is 693 g/mol. The van der Waals surface area contributed by atoms with Crippen LogP contribution in [0.5, 0.6) is 11.5 Å². The zero-order chi connectivity index (χ0) is 35.2. The van der Waals surface area contributed by atoms with Gasteiger partial charge in [-0.1, -0.05) is 60.8 Å². The summed E-state index contributed by atoms with van der Waals surface area (Å²) in [4.78, 5) is 31.8. The van der Waals surface area contributed by atoms with Gasteiger partial charge in [0.15, 0.2) is 12.2 Å². The lowest BCUT2D eigenvalue weighted by molar-refractivity contribution is -0.145. The second kappa shape index (κ2) is 13.2. The fraction of sp³-hybridized carbons (Fsp3) is 0.368. The number of para-hydroxylation sites is 2. The molecule has 1 spiro atoms. The molecule has 7 rings (SSSR count). The Labute approximate surface area is 293 Å². The van der Waals surface area contributed by atoms with Crippen molar-refractivity contribution in [2.24, 2.45) is 5.92 Å². The maximum Gasteiger partial charge on any atom is 0.269 e. The lowest BCUT2D eigenvalue weighted by Gasteiger charge is -2.37. The summed E-state index contributed by atoms with van der Waals surface area (Å²) in [5.41, 5.74) is 2.27. The molecule has 11 nitrogen and oxygen atoms in total. The number of fused-ring (bicyclic) bond motifs is 3. The Bertz CT molecular complexity index is 1930. The normalized spacial score (nSPS) is 22.9. The maximum absolute atomic E-state index is 14.9. The quantitative estimate of drug-likeness (QED) is 0.177. The van der Waals surface area contributed by atoms with E-state index in [2.05, 4.69) is 49.0 Å². The number of carbonyl (C=O) groups excluding carboxylic acids is 2. The van der Waals surface area contributed by atoms with Gasteiger partial charge in [-0.05, 0) is 54.4 Å². The third-order valence-corrected chi connectivity index (χ3v) is 15.1. The molecule has 4 heterocycles. The highest BCUT2D eigenvalue weighted by Gasteiger charge is 2.66. The van der Waals surface area contributed by atoms with Gasteiger partial charge in [-0.15, -0.1) is 11.7 Å². The molecule has 12 heteroatoms. The van der Waals surface area contributed by atoms with Crippen molar-refractivity contribution in [3.05, 3.63) is 96.8 Å². The molecule has 1 saturated heterocycles. The van der Waals surface area contributed by atoms with Gasteiger partial charge in [0.1, 0.15) is 11.5 Å². The van der Waals surface area contributed by atoms with Gasteiger partial charge in [0.05, 0.1) is 38.4 Å². The molecule has 4 aromatic rings. The first kappa shape index (κ1) is 33.7. The number of hydrogen-bond donors (Lipinski definition) is 1. The Morgan fingerprint density at radius 2 is 1.88 bits per heavy atom. The first-order valence-corrected chi connectivity index (χ1v) is 20.2. The third kappa shape index (κ3) is 5.42. The summed E-state index contributed by atoms with van der Waals surface area (Å²) in [5, 5.41) is 19.2. The van der Waals surface area contributed by atoms with E-state index in [-0.39, 0.29) is 42.6 Å². The van der Waals surface area contributed by atoms with E-state index in [0.29, 0.717) is 43.1 Å². The number of aliphatic hydroxyl groups is 1. The molecule has 3 aliphatic heterocycles. The van der Waals surface area contributed by atoms with Crippen molar-refractivity contribution in [3.63, 3.8) is 0 Å². The number of carbonyl (C=O) groups is 2. The van der Waals surface area contributed by atoms with Crippen LogP contribution in [0.4, 0.5) is 17.1 Å². The van der Waals surface area contributed by atoms with E-state index in [1.807, 2.05) is 60.8 Å². The number of aryl methyl sites for hydroxylation is 1. The molecule has 1 fully saturated rings. The van der Waals surface area contributed by atoms with Crippen LogP contribution in [0, 0.1) is 5.92 Å². The zero-order valence-electron chi connectivity index (χ0n) is 28.9. The van der Waals surface area contributed by atoms with Crippen LogP contribution in [0.25, 0.3) is 0 Å². The Kier molecular flexibility index (Phi) is 8.87. The van der Waals surface area contributed by atoms with E-state index in [4.69, 9.17) is 14.2 Å². The number of anilines is 3. The lowest BCUT2D eigenvalue weighted by Crippen LogP contribution is -2.52. The van der Waals surface area contributed by atoms with Gasteiger partial charge in [-0.2, -0.15) is 0 Å². The first-order chi connectivity index (χ1) is 24.1. The molecule has 260 valence electrons. The minimum atomic E-state index is -2.37. The summed E-state index contributed by atoms with van der Waals surface area (Å²) >= 11 is 0. The predicted molar refractivity (Wildman–Crippen MR) is 193 cm³/mol. The van der Waals surface area contributed by atoms with Crippen molar-refractivity contribution in [2.75, 3.05) is 36.7 Å². The van der Waals surface area contributed by atoms with Crippen LogP contribution in [0.15, 0.2) is 85.6 Å². The van der Waals surface area contributed by atoms with Gasteiger partial charge in [0.2, 0.25) is 0 Å². The predicted octanol–water partition coefficient (Wildman–Crippen LogP) is 4.72. The topological polar surface area (TPSA) is 119 Å². The fourth-order valence-electron chi connectivity index (χ4n) is 8.34. The number of nitrogens with zero attached hydrogens (tertiary/aromatic N) is 5. The van der Waals surface area contributed by atoms with Crippen LogP contribution in [0.3, 0.4) is 0 Å². The Morgan fingerprint density at radius 1 is 1.10 bits per heavy atom. The maximum atomic E-state index is 14.9. The number of benzene rings is 3. The van der Waals surface area contributed by atoms with Gasteiger partial charge in [0, 0.05) is 49.5 Å². The molecule has 0 radical (unpaired) electrons. The number of hydrogen-bond acceptors (Lipinski definition) is 8. The van der Waals surface area contributed by atoms with Gasteiger partial charge in [-0.3, -0.25) is 19.2 Å². The van der Waals surface area contributed by atoms with E-state index in [1.54, 1.807) is 27.7 Å². The van der Waals surface area contributed by atoms with Gasteiger partial charge in [0.25, 0.3) is 11.8 Å². The minimum Gasteiger partial charge on any atom is -0.497 e. The number of ether oxygens (including phenoxy) is 3. The van der Waals surface area contributed by atoms with Crippen molar-refractivity contribution < 1.29 is 28.9 Å². The van der Waals surface area contributed by atoms with E-state index in [0.717, 1.165) is 22.7 Å². The average molecular weight is 694 g/mol. The highest BCUT2D eigenvalue weighted by atomic mass is 28.3. The summed E-state index contributed by atoms with van der Waals surface area (Å²) in [5.74, 6) is 0.881. The van der Waals surface area contributed by atoms with E-state index in [9.17, 15) is 14.7 Å². The van der Waals surface area contributed by atoms with E-state index in [1.165, 1.54) is 5.19 Å². The summed E-state index contributed by atoms with van der Waals surface area (Å²) in [6.07, 6.45) is 4.33. The highest BCUT2D eigenvalue weighted by Crippen LogP contribution is 2.60. The van der Waals surface area contributed by atoms with Crippen LogP contribution in [-0.2, 0) is 32.9 Å². The zero-order valence-corrected chi connectivity index (χ0v) is 29.9. The van der Waals surface area contributed by atoms with Crippen molar-refractivity contribution in [1.82, 2.24) is 15.0 Å². The Hall–Kier alpha value is -4.78. The number of aliphatic hydroxyl groups excluding tert-OH is 1. The molecular weight excluding hydrogens is 651 g/mol. The number of aromatic nitrogens is 3. The van der Waals surface area contributed by atoms with Crippen LogP contribution in [0.2, 0.25) is 18.6 Å². The molecule has 0 unspecified atom stereocenters. The highest BCUT2D eigenvalue weighted by molar-refractivity contribution is 6.91. The summed E-state index contributed by atoms with van der Waals surface area (Å²) < 4.78 is 20.3. The van der Waals surface area contributed by atoms with Crippen LogP contribution in [-0.4, -0.2) is 73.0 Å². The summed E-state index contributed by atoms with van der Waals surface area (Å²) in [6, 6.07) is 21.5. The Balaban J connectivity index is 1.34. The molecule has 1 aromatic heterocycles. The van der Waals surface area contributed by atoms with Crippen LogP contribution < -0.4 is 24.5 Å². The summed E-state index contributed by atoms with van der Waals surface area (Å²) in [7, 11) is -0.711. The minimum absolute atomic E-state index is 0.000537. The fourth-order valence-corrected chi connectivity index (χ4v) is 12.4. The third-order valence-electron chi connectivity index (χ3n) is 10.7. The van der Waals surface area contributed by atoms with Gasteiger partial charge in [-0.25, -0.2) is 0 Å². The Morgan fingerprint density at radius 3 is 2.62 bits per heavy atom. The molecule has 4 atom stereocenters. The smallest absolute Gasteiger partial charge is 0.269 e. The largest absolute Gasteiger partial charge is 0.497 e. The second-order valence-electron chi connectivity index (χ2n) is 13.8. The lowest BCUT2D eigenvalue weighted by atomic mass is 9.82. The van der Waals surface area contributed by atoms with Crippen LogP contribution in [0.1, 0.15) is 24.6 Å². The molecule has 0 saturated carbocycles. The van der Waals surface area contributed by atoms with Gasteiger partial charge < -0.3 is 24.2 Å². The van der Waals surface area contributed by atoms with E-state index < -0.39 is 13.7 Å². The molecular formula is C38H43N5O6Si. The molecule has 0 aliphatic carbocycles. The van der Waals surface area contributed by atoms with Gasteiger partial charge >= 0.3 is 0 Å². The molecule has 0 bridgehead atoms. The molecule has 2 amide bonds. The number of rotatable bonds is 11. The first-order valence-electron chi connectivity index (χ1n) is 17.1. The molecule has 3 aliphatic rings. The van der Waals surface area contributed by atoms with Crippen LogP contribution >= 0.6 is 0 Å². The number of methoxy groups -OCH3 is 1. The molecule has 1 N–H and O–H groups in total. The van der Waals surface area contributed by atoms with Crippen molar-refractivity contribution >= 4 is 42.1 Å². The van der Waals surface area contributed by atoms with Crippen molar-refractivity contribution in [3.8, 4) is 11.5 Å². The number of amides is 2. The van der Waals surface area contributed by atoms with E-state index >= 15 is 0 Å². The SMILES string of the molecule is C=CCN1C(=O)[C@]2(O[C@H](CCn3cc(CCO)nn3)[C@@H]([Si](C)(C)c3ccc(OC)cc3)[C@@H]2C)c2cc(N3C(=O)COc4ccccc43)ccc21. The van der Waals surface area contributed by atoms with Crippen molar-refractivity contribution in [2.45, 2.75) is 56.7 Å². The second-order valence-corrected chi connectivity index (χ2v) is 18.5. The molecule has 50 heavy (non-hydrogen) atoms. The standard InChI is InChI=1S/C38H43N5O6Si/c1-6-19-42-31-16-11-27(43-32-9-7-8-10-33(32)48-24-35(43)45)22-30(31)38(37(42)46)25(2)36(50(4,5)29-14-12-28(47-3)13-15-29)34(49-38)17-20-41-23-26(18-21-44)39-40-41/h6-16,22-23,25,34,36,44H,1,17-21,24H2,2-5H3/t25-,34+,36-,38+/m0/s1. The average Bonchev–Trinajstić information content (AvgIpc) is 3.77.